The van der Waals surface area contributed by atoms with Crippen LogP contribution in [-0.4, -0.2) is 42.0 Å². The van der Waals surface area contributed by atoms with Crippen LogP contribution in [0.15, 0.2) is 30.3 Å². The fraction of sp³-hybridized carbons (Fsp3) is 0.667. The Morgan fingerprint density at radius 2 is 1.39 bits per heavy atom. The lowest BCUT2D eigenvalue weighted by molar-refractivity contribution is 0.0465. The normalized spacial score (nSPS) is 13.3. The van der Waals surface area contributed by atoms with Crippen LogP contribution in [0.2, 0.25) is 0 Å². The molecule has 0 aromatic heterocycles. The molecule has 7 nitrogen and oxygen atoms in total. The molecule has 0 aliphatic heterocycles. The Kier molecular flexibility index (Phi) is 9.81. The molecule has 1 unspecified atom stereocenters. The molecule has 0 spiro atoms. The Morgan fingerprint density at radius 1 is 0.839 bits per heavy atom. The number of rotatable bonds is 9. The monoisotopic (exact) mass is 435 g/mol. The van der Waals surface area contributed by atoms with Crippen LogP contribution in [0, 0.1) is 0 Å². The molecular weight excluding hydrogens is 394 g/mol. The van der Waals surface area contributed by atoms with Gasteiger partial charge in [0.25, 0.3) is 0 Å². The molecule has 0 aliphatic rings. The zero-order valence-electron chi connectivity index (χ0n) is 20.4. The molecule has 1 rings (SSSR count). The lowest BCUT2D eigenvalue weighted by Gasteiger charge is -2.29. The summed E-state index contributed by atoms with van der Waals surface area (Å²) in [6.45, 7) is 16.4. The zero-order chi connectivity index (χ0) is 23.7. The number of nitrogens with one attached hydrogen (secondary N) is 3. The largest absolute Gasteiger partial charge is 0.444 e. The van der Waals surface area contributed by atoms with Crippen molar-refractivity contribution in [3.8, 4) is 0 Å². The van der Waals surface area contributed by atoms with E-state index >= 15 is 0 Å². The summed E-state index contributed by atoms with van der Waals surface area (Å²) in [5.74, 6) is 0. The summed E-state index contributed by atoms with van der Waals surface area (Å²) >= 11 is 0. The molecule has 0 heterocycles. The first-order chi connectivity index (χ1) is 14.2. The molecule has 2 amide bonds. The molecule has 176 valence electrons. The number of ether oxygens (including phenoxy) is 2. The second-order valence-corrected chi connectivity index (χ2v) is 10.4. The Morgan fingerprint density at radius 3 is 1.94 bits per heavy atom. The van der Waals surface area contributed by atoms with Gasteiger partial charge >= 0.3 is 12.2 Å². The highest BCUT2D eigenvalue weighted by Gasteiger charge is 2.24. The van der Waals surface area contributed by atoms with E-state index in [4.69, 9.17) is 9.47 Å². The van der Waals surface area contributed by atoms with Crippen molar-refractivity contribution in [1.29, 1.82) is 0 Å². The van der Waals surface area contributed by atoms with Crippen molar-refractivity contribution in [1.82, 2.24) is 16.0 Å². The number of amides is 2. The second kappa shape index (κ2) is 11.4. The highest BCUT2D eigenvalue weighted by atomic mass is 16.6. The summed E-state index contributed by atoms with van der Waals surface area (Å²) in [6.07, 6.45) is 0.609. The first kappa shape index (κ1) is 26.8. The van der Waals surface area contributed by atoms with Crippen molar-refractivity contribution < 1.29 is 19.1 Å². The number of hydrogen-bond donors (Lipinski definition) is 3. The van der Waals surface area contributed by atoms with E-state index in [0.717, 1.165) is 18.5 Å². The number of carbonyl (C=O) groups is 2. The van der Waals surface area contributed by atoms with Gasteiger partial charge in [-0.2, -0.15) is 0 Å². The highest BCUT2D eigenvalue weighted by Crippen LogP contribution is 2.18. The van der Waals surface area contributed by atoms with E-state index in [0.29, 0.717) is 13.0 Å². The summed E-state index contributed by atoms with van der Waals surface area (Å²) < 4.78 is 10.7. The molecular formula is C24H41N3O4. The maximum absolute atomic E-state index is 12.3. The third kappa shape index (κ3) is 12.9. The van der Waals surface area contributed by atoms with E-state index in [9.17, 15) is 9.59 Å². The predicted molar refractivity (Wildman–Crippen MR) is 124 cm³/mol. The average Bonchev–Trinajstić information content (AvgIpc) is 2.57. The van der Waals surface area contributed by atoms with Gasteiger partial charge in [0.15, 0.2) is 0 Å². The van der Waals surface area contributed by atoms with Crippen LogP contribution in [0.4, 0.5) is 9.59 Å². The van der Waals surface area contributed by atoms with E-state index < -0.39 is 28.9 Å². The minimum absolute atomic E-state index is 0.156. The molecule has 0 saturated heterocycles. The standard InChI is InChI=1S/C24H41N3O4/c1-22(2,3)30-20(28)26-19(18-12-10-9-11-13-18)14-16-25-17-15-24(7,8)27-21(29)31-23(4,5)6/h9-13,19,25H,14-17H2,1-8H3,(H,26,28)(H,27,29). The van der Waals surface area contributed by atoms with Crippen LogP contribution in [0.1, 0.15) is 79.8 Å². The Hall–Kier alpha value is -2.28. The predicted octanol–water partition coefficient (Wildman–Crippen LogP) is 4.93. The zero-order valence-corrected chi connectivity index (χ0v) is 20.4. The number of benzene rings is 1. The Labute approximate surface area is 187 Å². The van der Waals surface area contributed by atoms with Gasteiger partial charge < -0.3 is 25.4 Å². The lowest BCUT2D eigenvalue weighted by Crippen LogP contribution is -2.47. The first-order valence-corrected chi connectivity index (χ1v) is 10.9. The van der Waals surface area contributed by atoms with Gasteiger partial charge in [-0.3, -0.25) is 0 Å². The van der Waals surface area contributed by atoms with Crippen molar-refractivity contribution >= 4 is 12.2 Å². The summed E-state index contributed by atoms with van der Waals surface area (Å²) in [6, 6.07) is 9.70. The minimum atomic E-state index is -0.545. The second-order valence-electron chi connectivity index (χ2n) is 10.4. The quantitative estimate of drug-likeness (QED) is 0.479. The van der Waals surface area contributed by atoms with Gasteiger partial charge in [-0.15, -0.1) is 0 Å². The molecule has 0 bridgehead atoms. The van der Waals surface area contributed by atoms with E-state index in [1.54, 1.807) is 0 Å². The van der Waals surface area contributed by atoms with E-state index in [1.165, 1.54) is 0 Å². The topological polar surface area (TPSA) is 88.7 Å². The van der Waals surface area contributed by atoms with Gasteiger partial charge in [0.2, 0.25) is 0 Å². The Balaban J connectivity index is 2.51. The molecule has 1 aromatic carbocycles. The van der Waals surface area contributed by atoms with Crippen LogP contribution >= 0.6 is 0 Å². The van der Waals surface area contributed by atoms with Gasteiger partial charge in [0.05, 0.1) is 6.04 Å². The average molecular weight is 436 g/mol. The Bertz CT molecular complexity index is 691. The summed E-state index contributed by atoms with van der Waals surface area (Å²) in [5.41, 5.74) is -0.437. The maximum atomic E-state index is 12.3. The lowest BCUT2D eigenvalue weighted by atomic mass is 10.0. The van der Waals surface area contributed by atoms with Gasteiger partial charge in [0, 0.05) is 5.54 Å². The molecule has 0 radical (unpaired) electrons. The fourth-order valence-electron chi connectivity index (χ4n) is 2.87. The minimum Gasteiger partial charge on any atom is -0.444 e. The van der Waals surface area contributed by atoms with Gasteiger partial charge in [0.1, 0.15) is 11.2 Å². The summed E-state index contributed by atoms with van der Waals surface area (Å²) in [7, 11) is 0. The van der Waals surface area contributed by atoms with Crippen LogP contribution < -0.4 is 16.0 Å². The highest BCUT2D eigenvalue weighted by molar-refractivity contribution is 5.69. The van der Waals surface area contributed by atoms with Gasteiger partial charge in [-0.25, -0.2) is 9.59 Å². The van der Waals surface area contributed by atoms with Crippen molar-refractivity contribution in [3.05, 3.63) is 35.9 Å². The smallest absolute Gasteiger partial charge is 0.408 e. The molecule has 1 atom stereocenters. The molecule has 31 heavy (non-hydrogen) atoms. The maximum Gasteiger partial charge on any atom is 0.408 e. The van der Waals surface area contributed by atoms with E-state index in [1.807, 2.05) is 85.7 Å². The molecule has 0 fully saturated rings. The summed E-state index contributed by atoms with van der Waals surface area (Å²) in [4.78, 5) is 24.3. The van der Waals surface area contributed by atoms with Gasteiger partial charge in [-0.1, -0.05) is 30.3 Å². The van der Waals surface area contributed by atoms with E-state index in [2.05, 4.69) is 16.0 Å². The van der Waals surface area contributed by atoms with Crippen LogP contribution in [0.5, 0.6) is 0 Å². The van der Waals surface area contributed by atoms with E-state index in [-0.39, 0.29) is 6.04 Å². The first-order valence-electron chi connectivity index (χ1n) is 10.9. The fourth-order valence-corrected chi connectivity index (χ4v) is 2.87. The molecule has 7 heteroatoms. The van der Waals surface area contributed by atoms with Crippen LogP contribution in [0.3, 0.4) is 0 Å². The van der Waals surface area contributed by atoms with Gasteiger partial charge in [-0.05, 0) is 86.9 Å². The van der Waals surface area contributed by atoms with Crippen molar-refractivity contribution in [2.24, 2.45) is 0 Å². The molecule has 1 aromatic rings. The summed E-state index contributed by atoms with van der Waals surface area (Å²) in [5, 5.41) is 9.28. The number of alkyl carbamates (subject to hydrolysis) is 2. The van der Waals surface area contributed by atoms with Crippen molar-refractivity contribution in [2.45, 2.75) is 91.0 Å². The third-order valence-corrected chi connectivity index (χ3v) is 4.27. The van der Waals surface area contributed by atoms with Crippen molar-refractivity contribution in [3.63, 3.8) is 0 Å². The van der Waals surface area contributed by atoms with Crippen LogP contribution in [0.25, 0.3) is 0 Å². The molecule has 0 saturated carbocycles. The SMILES string of the molecule is CC(C)(CCNCCC(NC(=O)OC(C)(C)C)c1ccccc1)NC(=O)OC(C)(C)C. The van der Waals surface area contributed by atoms with Crippen molar-refractivity contribution in [2.75, 3.05) is 13.1 Å². The van der Waals surface area contributed by atoms with Crippen LogP contribution in [-0.2, 0) is 9.47 Å². The number of carbonyl (C=O) groups excluding carboxylic acids is 2. The number of hydrogen-bond acceptors (Lipinski definition) is 5. The molecule has 0 aliphatic carbocycles. The third-order valence-electron chi connectivity index (χ3n) is 4.27. The molecule has 3 N–H and O–H groups in total.